The first-order valence-corrected chi connectivity index (χ1v) is 4.09. The highest BCUT2D eigenvalue weighted by Crippen LogP contribution is 2.17. The van der Waals surface area contributed by atoms with Crippen LogP contribution in [-0.4, -0.2) is 11.1 Å². The van der Waals surface area contributed by atoms with E-state index in [9.17, 15) is 4.79 Å². The number of rotatable bonds is 2. The lowest BCUT2D eigenvalue weighted by Gasteiger charge is -2.09. The maximum absolute atomic E-state index is 10.8. The molecule has 0 amide bonds. The number of nitrogens with two attached hydrogens (primary N) is 1. The summed E-state index contributed by atoms with van der Waals surface area (Å²) in [7, 11) is 0. The average Bonchev–Trinajstić information content (AvgIpc) is 2.16. The Balaban J connectivity index is 3.33. The van der Waals surface area contributed by atoms with Crippen LogP contribution in [0.4, 0.5) is 0 Å². The van der Waals surface area contributed by atoms with Crippen molar-refractivity contribution in [2.75, 3.05) is 0 Å². The standard InChI is InChI=1S/C10H10N2O2/c1-6(12)8-3-2-7(5-11)4-9(8)10(13)14/h2-4,6H,12H2,1H3,(H,13,14)/t6-/m1/s1. The van der Waals surface area contributed by atoms with E-state index in [-0.39, 0.29) is 11.6 Å². The van der Waals surface area contributed by atoms with E-state index in [1.54, 1.807) is 19.1 Å². The molecule has 72 valence electrons. The molecule has 1 aromatic carbocycles. The molecule has 0 aliphatic carbocycles. The third-order valence-electron chi connectivity index (χ3n) is 1.90. The van der Waals surface area contributed by atoms with Gasteiger partial charge in [-0.3, -0.25) is 0 Å². The molecule has 0 aliphatic rings. The molecule has 1 aromatic rings. The molecule has 0 unspecified atom stereocenters. The zero-order valence-corrected chi connectivity index (χ0v) is 7.69. The summed E-state index contributed by atoms with van der Waals surface area (Å²) in [6.07, 6.45) is 0. The third kappa shape index (κ3) is 1.90. The predicted molar refractivity (Wildman–Crippen MR) is 50.7 cm³/mol. The van der Waals surface area contributed by atoms with Crippen LogP contribution < -0.4 is 5.73 Å². The fraction of sp³-hybridized carbons (Fsp3) is 0.200. The summed E-state index contributed by atoms with van der Waals surface area (Å²) in [6, 6.07) is 6.00. The van der Waals surface area contributed by atoms with Crippen LogP contribution in [0, 0.1) is 11.3 Å². The van der Waals surface area contributed by atoms with Crippen molar-refractivity contribution < 1.29 is 9.90 Å². The number of nitrogens with zero attached hydrogens (tertiary/aromatic N) is 1. The molecule has 3 N–H and O–H groups in total. The van der Waals surface area contributed by atoms with Crippen LogP contribution in [-0.2, 0) is 0 Å². The summed E-state index contributed by atoms with van der Waals surface area (Å²) < 4.78 is 0. The fourth-order valence-corrected chi connectivity index (χ4v) is 1.21. The zero-order chi connectivity index (χ0) is 10.7. The Kier molecular flexibility index (Phi) is 2.85. The highest BCUT2D eigenvalue weighted by molar-refractivity contribution is 5.90. The van der Waals surface area contributed by atoms with Gasteiger partial charge in [-0.25, -0.2) is 4.79 Å². The van der Waals surface area contributed by atoms with Gasteiger partial charge in [-0.15, -0.1) is 0 Å². The summed E-state index contributed by atoms with van der Waals surface area (Å²) in [5.74, 6) is -1.06. The van der Waals surface area contributed by atoms with Crippen molar-refractivity contribution in [2.24, 2.45) is 5.73 Å². The van der Waals surface area contributed by atoms with Crippen LogP contribution in [0.25, 0.3) is 0 Å². The van der Waals surface area contributed by atoms with Crippen molar-refractivity contribution in [2.45, 2.75) is 13.0 Å². The van der Waals surface area contributed by atoms with Crippen LogP contribution in [0.3, 0.4) is 0 Å². The second-order valence-corrected chi connectivity index (χ2v) is 3.01. The third-order valence-corrected chi connectivity index (χ3v) is 1.90. The lowest BCUT2D eigenvalue weighted by molar-refractivity contribution is 0.0695. The monoisotopic (exact) mass is 190 g/mol. The van der Waals surface area contributed by atoms with Gasteiger partial charge in [0.15, 0.2) is 0 Å². The van der Waals surface area contributed by atoms with Crippen molar-refractivity contribution in [3.63, 3.8) is 0 Å². The topological polar surface area (TPSA) is 87.1 Å². The minimum Gasteiger partial charge on any atom is -0.478 e. The molecule has 14 heavy (non-hydrogen) atoms. The molecule has 0 saturated heterocycles. The van der Waals surface area contributed by atoms with Crippen LogP contribution in [0.15, 0.2) is 18.2 Å². The molecule has 1 atom stereocenters. The van der Waals surface area contributed by atoms with E-state index in [0.29, 0.717) is 11.1 Å². The number of aromatic carboxylic acids is 1. The van der Waals surface area contributed by atoms with E-state index < -0.39 is 5.97 Å². The summed E-state index contributed by atoms with van der Waals surface area (Å²) in [5.41, 5.74) is 6.56. The van der Waals surface area contributed by atoms with Crippen molar-refractivity contribution in [1.82, 2.24) is 0 Å². The molecule has 0 radical (unpaired) electrons. The number of carbonyl (C=O) groups is 1. The lowest BCUT2D eigenvalue weighted by Crippen LogP contribution is -2.11. The van der Waals surface area contributed by atoms with Crippen molar-refractivity contribution in [3.8, 4) is 6.07 Å². The van der Waals surface area contributed by atoms with Gasteiger partial charge < -0.3 is 10.8 Å². The SMILES string of the molecule is C[C@@H](N)c1ccc(C#N)cc1C(=O)O. The minimum atomic E-state index is -1.06. The Labute approximate surface area is 81.6 Å². The number of benzene rings is 1. The van der Waals surface area contributed by atoms with Crippen molar-refractivity contribution in [3.05, 3.63) is 34.9 Å². The Morgan fingerprint density at radius 3 is 2.71 bits per heavy atom. The Morgan fingerprint density at radius 1 is 1.64 bits per heavy atom. The number of carboxylic acids is 1. The van der Waals surface area contributed by atoms with Gasteiger partial charge in [0.05, 0.1) is 17.2 Å². The van der Waals surface area contributed by atoms with Crippen molar-refractivity contribution >= 4 is 5.97 Å². The van der Waals surface area contributed by atoms with Gasteiger partial charge in [-0.05, 0) is 24.6 Å². The van der Waals surface area contributed by atoms with Gasteiger partial charge in [-0.2, -0.15) is 5.26 Å². The Hall–Kier alpha value is -1.86. The minimum absolute atomic E-state index is 0.0963. The van der Waals surface area contributed by atoms with E-state index in [0.717, 1.165) is 0 Å². The average molecular weight is 190 g/mol. The van der Waals surface area contributed by atoms with Gasteiger partial charge in [0.25, 0.3) is 0 Å². The van der Waals surface area contributed by atoms with Crippen LogP contribution in [0.2, 0.25) is 0 Å². The zero-order valence-electron chi connectivity index (χ0n) is 7.69. The predicted octanol–water partition coefficient (Wildman–Crippen LogP) is 1.28. The van der Waals surface area contributed by atoms with Gasteiger partial charge in [-0.1, -0.05) is 6.07 Å². The number of hydrogen-bond acceptors (Lipinski definition) is 3. The van der Waals surface area contributed by atoms with E-state index in [4.69, 9.17) is 16.1 Å². The molecule has 0 aliphatic heterocycles. The molecule has 0 aromatic heterocycles. The van der Waals surface area contributed by atoms with Crippen molar-refractivity contribution in [1.29, 1.82) is 5.26 Å². The van der Waals surface area contributed by atoms with Crippen LogP contribution in [0.1, 0.15) is 34.5 Å². The van der Waals surface area contributed by atoms with Gasteiger partial charge >= 0.3 is 5.97 Å². The van der Waals surface area contributed by atoms with Gasteiger partial charge in [0, 0.05) is 6.04 Å². The maximum atomic E-state index is 10.8. The molecule has 4 heteroatoms. The lowest BCUT2D eigenvalue weighted by atomic mass is 10.00. The molecule has 0 bridgehead atoms. The summed E-state index contributed by atoms with van der Waals surface area (Å²) in [6.45, 7) is 1.70. The fourth-order valence-electron chi connectivity index (χ4n) is 1.21. The smallest absolute Gasteiger partial charge is 0.336 e. The molecule has 1 rings (SSSR count). The van der Waals surface area contributed by atoms with Gasteiger partial charge in [0.2, 0.25) is 0 Å². The number of carboxylic acid groups (broad SMARTS) is 1. The van der Waals surface area contributed by atoms with Crippen LogP contribution >= 0.6 is 0 Å². The Bertz CT molecular complexity index is 405. The molecule has 0 spiro atoms. The summed E-state index contributed by atoms with van der Waals surface area (Å²) >= 11 is 0. The first-order chi connectivity index (χ1) is 6.56. The molecular weight excluding hydrogens is 180 g/mol. The first kappa shape index (κ1) is 10.2. The molecule has 4 nitrogen and oxygen atoms in total. The van der Waals surface area contributed by atoms with E-state index >= 15 is 0 Å². The number of nitriles is 1. The molecule has 0 fully saturated rings. The van der Waals surface area contributed by atoms with Gasteiger partial charge in [0.1, 0.15) is 0 Å². The maximum Gasteiger partial charge on any atom is 0.336 e. The second kappa shape index (κ2) is 3.90. The summed E-state index contributed by atoms with van der Waals surface area (Å²) in [4.78, 5) is 10.8. The molecule has 0 heterocycles. The first-order valence-electron chi connectivity index (χ1n) is 4.09. The number of hydrogen-bond donors (Lipinski definition) is 2. The van der Waals surface area contributed by atoms with E-state index in [2.05, 4.69) is 0 Å². The molecule has 0 saturated carbocycles. The highest BCUT2D eigenvalue weighted by Gasteiger charge is 2.13. The Morgan fingerprint density at radius 2 is 2.29 bits per heavy atom. The highest BCUT2D eigenvalue weighted by atomic mass is 16.4. The van der Waals surface area contributed by atoms with E-state index in [1.807, 2.05) is 6.07 Å². The van der Waals surface area contributed by atoms with Crippen LogP contribution in [0.5, 0.6) is 0 Å². The van der Waals surface area contributed by atoms with E-state index in [1.165, 1.54) is 6.07 Å². The quantitative estimate of drug-likeness (QED) is 0.735. The largest absolute Gasteiger partial charge is 0.478 e. The molecular formula is C10H10N2O2. The normalized spacial score (nSPS) is 11.8. The summed E-state index contributed by atoms with van der Waals surface area (Å²) in [5, 5.41) is 17.5. The second-order valence-electron chi connectivity index (χ2n) is 3.01.